The SMILES string of the molecule is NCCCOc1ccc(S(=O)(=O)Nc2cccnn2)cc1. The first-order valence-electron chi connectivity index (χ1n) is 6.35. The predicted molar refractivity (Wildman–Crippen MR) is 78.4 cm³/mol. The van der Waals surface area contributed by atoms with Crippen molar-refractivity contribution in [1.82, 2.24) is 10.2 Å². The van der Waals surface area contributed by atoms with Crippen molar-refractivity contribution in [3.05, 3.63) is 42.6 Å². The highest BCUT2D eigenvalue weighted by atomic mass is 32.2. The molecular formula is C13H16N4O3S. The lowest BCUT2D eigenvalue weighted by Gasteiger charge is -2.08. The summed E-state index contributed by atoms with van der Waals surface area (Å²) in [6, 6.07) is 9.25. The summed E-state index contributed by atoms with van der Waals surface area (Å²) in [5.41, 5.74) is 5.37. The molecule has 0 fully saturated rings. The molecule has 0 unspecified atom stereocenters. The minimum Gasteiger partial charge on any atom is -0.494 e. The van der Waals surface area contributed by atoms with Crippen LogP contribution in [0.4, 0.5) is 5.82 Å². The fourth-order valence-corrected chi connectivity index (χ4v) is 2.54. The first-order chi connectivity index (χ1) is 10.1. The van der Waals surface area contributed by atoms with Crippen molar-refractivity contribution in [1.29, 1.82) is 0 Å². The molecule has 8 heteroatoms. The van der Waals surface area contributed by atoms with E-state index in [0.717, 1.165) is 6.42 Å². The fourth-order valence-electron chi connectivity index (χ4n) is 1.54. The van der Waals surface area contributed by atoms with Crippen LogP contribution < -0.4 is 15.2 Å². The molecule has 2 rings (SSSR count). The normalized spacial score (nSPS) is 11.1. The number of nitrogens with two attached hydrogens (primary N) is 1. The first-order valence-corrected chi connectivity index (χ1v) is 7.83. The number of anilines is 1. The van der Waals surface area contributed by atoms with Crippen molar-refractivity contribution < 1.29 is 13.2 Å². The van der Waals surface area contributed by atoms with E-state index in [4.69, 9.17) is 10.5 Å². The van der Waals surface area contributed by atoms with E-state index in [1.54, 1.807) is 18.2 Å². The second-order valence-electron chi connectivity index (χ2n) is 4.18. The van der Waals surface area contributed by atoms with Gasteiger partial charge in [0, 0.05) is 6.20 Å². The molecule has 0 aliphatic carbocycles. The van der Waals surface area contributed by atoms with Crippen molar-refractivity contribution in [3.8, 4) is 5.75 Å². The second-order valence-corrected chi connectivity index (χ2v) is 5.86. The average Bonchev–Trinajstić information content (AvgIpc) is 2.49. The smallest absolute Gasteiger partial charge is 0.263 e. The van der Waals surface area contributed by atoms with Crippen LogP contribution in [0.2, 0.25) is 0 Å². The van der Waals surface area contributed by atoms with Gasteiger partial charge in [-0.2, -0.15) is 5.10 Å². The molecule has 0 atom stereocenters. The Morgan fingerprint density at radius 1 is 1.19 bits per heavy atom. The van der Waals surface area contributed by atoms with Gasteiger partial charge < -0.3 is 10.5 Å². The Bertz CT molecular complexity index is 660. The van der Waals surface area contributed by atoms with Gasteiger partial charge in [0.2, 0.25) is 0 Å². The summed E-state index contributed by atoms with van der Waals surface area (Å²) in [5.74, 6) is 0.766. The maximum atomic E-state index is 12.1. The summed E-state index contributed by atoms with van der Waals surface area (Å²) in [6.45, 7) is 1.05. The molecule has 0 saturated carbocycles. The zero-order valence-corrected chi connectivity index (χ0v) is 12.1. The Kier molecular flexibility index (Phi) is 5.07. The highest BCUT2D eigenvalue weighted by Gasteiger charge is 2.14. The molecule has 0 bridgehead atoms. The minimum absolute atomic E-state index is 0.124. The van der Waals surface area contributed by atoms with E-state index < -0.39 is 10.0 Å². The van der Waals surface area contributed by atoms with Gasteiger partial charge in [0.1, 0.15) is 5.75 Å². The molecule has 0 radical (unpaired) electrons. The van der Waals surface area contributed by atoms with Crippen molar-refractivity contribution in [2.24, 2.45) is 5.73 Å². The van der Waals surface area contributed by atoms with Crippen LogP contribution in [0.5, 0.6) is 5.75 Å². The van der Waals surface area contributed by atoms with Crippen molar-refractivity contribution in [3.63, 3.8) is 0 Å². The Labute approximate surface area is 123 Å². The van der Waals surface area contributed by atoms with Crippen LogP contribution in [0.1, 0.15) is 6.42 Å². The standard InChI is InChI=1S/C13H16N4O3S/c14-8-2-10-20-11-4-6-12(7-5-11)21(18,19)17-13-3-1-9-15-16-13/h1,3-7,9H,2,8,10,14H2,(H,16,17). The van der Waals surface area contributed by atoms with E-state index in [0.29, 0.717) is 18.9 Å². The van der Waals surface area contributed by atoms with Crippen molar-refractivity contribution in [2.45, 2.75) is 11.3 Å². The predicted octanol–water partition coefficient (Wildman–Crippen LogP) is 1.00. The Balaban J connectivity index is 2.06. The molecule has 2 aromatic rings. The molecule has 1 aromatic heterocycles. The summed E-state index contributed by atoms with van der Waals surface area (Å²) in [4.78, 5) is 0.124. The van der Waals surface area contributed by atoms with Gasteiger partial charge in [-0.25, -0.2) is 8.42 Å². The van der Waals surface area contributed by atoms with Crippen molar-refractivity contribution >= 4 is 15.8 Å². The van der Waals surface area contributed by atoms with Crippen LogP contribution in [0.3, 0.4) is 0 Å². The Morgan fingerprint density at radius 3 is 2.57 bits per heavy atom. The number of rotatable bonds is 7. The van der Waals surface area contributed by atoms with Gasteiger partial charge in [-0.1, -0.05) is 0 Å². The molecule has 1 aromatic carbocycles. The average molecular weight is 308 g/mol. The topological polar surface area (TPSA) is 107 Å². The van der Waals surface area contributed by atoms with Crippen LogP contribution in [-0.2, 0) is 10.0 Å². The van der Waals surface area contributed by atoms with Crippen LogP contribution in [0.25, 0.3) is 0 Å². The maximum Gasteiger partial charge on any atom is 0.263 e. The van der Waals surface area contributed by atoms with Gasteiger partial charge >= 0.3 is 0 Å². The van der Waals surface area contributed by atoms with Crippen LogP contribution in [0.15, 0.2) is 47.5 Å². The Hall–Kier alpha value is -2.19. The van der Waals surface area contributed by atoms with E-state index in [-0.39, 0.29) is 10.7 Å². The largest absolute Gasteiger partial charge is 0.494 e. The number of hydrogen-bond donors (Lipinski definition) is 2. The number of sulfonamides is 1. The molecule has 3 N–H and O–H groups in total. The molecular weight excluding hydrogens is 292 g/mol. The summed E-state index contributed by atoms with van der Waals surface area (Å²) in [7, 11) is -3.68. The lowest BCUT2D eigenvalue weighted by atomic mass is 10.3. The zero-order chi connectivity index (χ0) is 15.1. The third kappa shape index (κ3) is 4.40. The number of aromatic nitrogens is 2. The van der Waals surface area contributed by atoms with E-state index in [1.165, 1.54) is 24.4 Å². The molecule has 0 spiro atoms. The summed E-state index contributed by atoms with van der Waals surface area (Å²) < 4.78 is 32.0. The van der Waals surface area contributed by atoms with E-state index in [1.807, 2.05) is 0 Å². The number of nitrogens with zero attached hydrogens (tertiary/aromatic N) is 2. The third-order valence-corrected chi connectivity index (χ3v) is 3.93. The second kappa shape index (κ2) is 7.00. The van der Waals surface area contributed by atoms with Crippen LogP contribution in [-0.4, -0.2) is 31.8 Å². The van der Waals surface area contributed by atoms with Gasteiger partial charge in [0.25, 0.3) is 10.0 Å². The highest BCUT2D eigenvalue weighted by Crippen LogP contribution is 2.18. The molecule has 21 heavy (non-hydrogen) atoms. The first kappa shape index (κ1) is 15.2. The third-order valence-electron chi connectivity index (χ3n) is 2.56. The fraction of sp³-hybridized carbons (Fsp3) is 0.231. The monoisotopic (exact) mass is 308 g/mol. The van der Waals surface area contributed by atoms with Gasteiger partial charge in [0.05, 0.1) is 11.5 Å². The number of ether oxygens (including phenoxy) is 1. The zero-order valence-electron chi connectivity index (χ0n) is 11.3. The molecule has 1 heterocycles. The van der Waals surface area contributed by atoms with Crippen molar-refractivity contribution in [2.75, 3.05) is 17.9 Å². The van der Waals surface area contributed by atoms with Crippen LogP contribution >= 0.6 is 0 Å². The summed E-state index contributed by atoms with van der Waals surface area (Å²) >= 11 is 0. The van der Waals surface area contributed by atoms with E-state index >= 15 is 0 Å². The summed E-state index contributed by atoms with van der Waals surface area (Å²) in [5, 5.41) is 7.29. The number of benzene rings is 1. The van der Waals surface area contributed by atoms with Crippen LogP contribution in [0, 0.1) is 0 Å². The lowest BCUT2D eigenvalue weighted by Crippen LogP contribution is -2.14. The minimum atomic E-state index is -3.68. The van der Waals surface area contributed by atoms with Gasteiger partial charge in [0.15, 0.2) is 5.82 Å². The van der Waals surface area contributed by atoms with Gasteiger partial charge in [-0.15, -0.1) is 5.10 Å². The lowest BCUT2D eigenvalue weighted by molar-refractivity contribution is 0.313. The number of hydrogen-bond acceptors (Lipinski definition) is 6. The van der Waals surface area contributed by atoms with E-state index in [9.17, 15) is 8.42 Å². The molecule has 112 valence electrons. The van der Waals surface area contributed by atoms with Gasteiger partial charge in [-0.3, -0.25) is 4.72 Å². The van der Waals surface area contributed by atoms with Gasteiger partial charge in [-0.05, 0) is 49.4 Å². The maximum absolute atomic E-state index is 12.1. The molecule has 7 nitrogen and oxygen atoms in total. The molecule has 0 aliphatic heterocycles. The van der Waals surface area contributed by atoms with E-state index in [2.05, 4.69) is 14.9 Å². The quantitative estimate of drug-likeness (QED) is 0.739. The molecule has 0 aliphatic rings. The molecule has 0 saturated heterocycles. The highest BCUT2D eigenvalue weighted by molar-refractivity contribution is 7.92. The Morgan fingerprint density at radius 2 is 1.95 bits per heavy atom. The number of nitrogens with one attached hydrogen (secondary N) is 1. The molecule has 0 amide bonds. The summed E-state index contributed by atoms with van der Waals surface area (Å²) in [6.07, 6.45) is 2.21.